The highest BCUT2D eigenvalue weighted by atomic mass is 16.3. The van der Waals surface area contributed by atoms with Crippen LogP contribution >= 0.6 is 0 Å². The molecule has 0 saturated carbocycles. The number of rotatable bonds is 22. The minimum atomic E-state index is -1.67. The molecule has 1 heterocycles. The van der Waals surface area contributed by atoms with Gasteiger partial charge in [-0.1, -0.05) is 58.0 Å². The van der Waals surface area contributed by atoms with E-state index >= 15 is 0 Å². The molecule has 10 amide bonds. The number of aliphatic hydroxyl groups is 2. The first-order valence-electron chi connectivity index (χ1n) is 25.8. The molecule has 1 aromatic carbocycles. The fourth-order valence-electron chi connectivity index (χ4n) is 8.06. The molecule has 0 radical (unpaired) electrons. The lowest BCUT2D eigenvalue weighted by Crippen LogP contribution is -2.61. The van der Waals surface area contributed by atoms with Gasteiger partial charge >= 0.3 is 0 Å². The number of nitrogens with two attached hydrogens (primary N) is 5. The van der Waals surface area contributed by atoms with Crippen LogP contribution in [0.3, 0.4) is 0 Å². The second kappa shape index (κ2) is 33.6. The van der Waals surface area contributed by atoms with Gasteiger partial charge in [-0.15, -0.1) is 0 Å². The molecule has 76 heavy (non-hydrogen) atoms. The standard InChI is InChI=1S/C49H85N15O12/c1-25(2)22-30(54)40(67)63-39(28(6)66)49(76)60-33(14-19-52)42(69)59-35-16-21-55-48(75)38(27(5)65)64-45(72)34(15-20-53)57-41(68)31(12-17-50)58-46(73)36(23-26(3)4)61-47(74)37(24-29-10-8-7-9-11-29)62-43(70)32(13-18-51)56-44(35)71/h7-11,25-28,30-39,65-66H,12-24,50-54H2,1-6H3,(H,55,75)(H,56,71)(H,57,68)(H,58,73)(H,59,69)(H,60,76)(H,61,74)(H,62,70)(H,63,67)(H,64,72)/t27-,28-,30+,31+,32+,33+,34+,35+,36+,37-,38+,39+/m1/s1. The Morgan fingerprint density at radius 2 is 1.08 bits per heavy atom. The summed E-state index contributed by atoms with van der Waals surface area (Å²) in [5, 5.41) is 46.6. The Bertz CT molecular complexity index is 2080. The molecule has 2 rings (SSSR count). The molecular weight excluding hydrogens is 991 g/mol. The summed E-state index contributed by atoms with van der Waals surface area (Å²) >= 11 is 0. The normalized spacial score (nSPS) is 23.9. The van der Waals surface area contributed by atoms with Crippen LogP contribution in [0, 0.1) is 11.8 Å². The Hall–Kier alpha value is -6.36. The van der Waals surface area contributed by atoms with Crippen LogP contribution in [0.25, 0.3) is 0 Å². The number of carbonyl (C=O) groups excluding carboxylic acids is 10. The second-order valence-corrected chi connectivity index (χ2v) is 19.8. The summed E-state index contributed by atoms with van der Waals surface area (Å²) < 4.78 is 0. The highest BCUT2D eigenvalue weighted by Crippen LogP contribution is 2.11. The first-order chi connectivity index (χ1) is 35.9. The van der Waals surface area contributed by atoms with Gasteiger partial charge in [-0.2, -0.15) is 0 Å². The third kappa shape index (κ3) is 22.5. The summed E-state index contributed by atoms with van der Waals surface area (Å²) in [4.78, 5) is 139. The molecule has 1 aliphatic rings. The number of amides is 10. The minimum Gasteiger partial charge on any atom is -0.391 e. The van der Waals surface area contributed by atoms with Gasteiger partial charge in [0.25, 0.3) is 0 Å². The van der Waals surface area contributed by atoms with E-state index in [1.807, 2.05) is 13.8 Å². The molecule has 27 nitrogen and oxygen atoms in total. The molecule has 428 valence electrons. The molecule has 22 N–H and O–H groups in total. The molecule has 1 saturated heterocycles. The molecule has 0 spiro atoms. The average molecular weight is 1080 g/mol. The number of carbonyl (C=O) groups is 10. The van der Waals surface area contributed by atoms with Crippen molar-refractivity contribution in [2.24, 2.45) is 40.5 Å². The molecule has 0 aromatic heterocycles. The number of nitrogens with one attached hydrogen (secondary N) is 10. The summed E-state index contributed by atoms with van der Waals surface area (Å²) in [5.74, 6) is -9.19. The van der Waals surface area contributed by atoms with E-state index in [4.69, 9.17) is 28.7 Å². The highest BCUT2D eigenvalue weighted by molar-refractivity contribution is 5.99. The lowest BCUT2D eigenvalue weighted by Gasteiger charge is -2.28. The van der Waals surface area contributed by atoms with E-state index in [2.05, 4.69) is 53.2 Å². The van der Waals surface area contributed by atoms with Crippen molar-refractivity contribution in [1.29, 1.82) is 0 Å². The molecule has 0 unspecified atom stereocenters. The third-order valence-corrected chi connectivity index (χ3v) is 12.2. The van der Waals surface area contributed by atoms with Crippen molar-refractivity contribution in [3.05, 3.63) is 35.9 Å². The molecule has 27 heteroatoms. The van der Waals surface area contributed by atoms with Crippen molar-refractivity contribution >= 4 is 59.1 Å². The summed E-state index contributed by atoms with van der Waals surface area (Å²) in [7, 11) is 0. The number of aliphatic hydroxyl groups excluding tert-OH is 2. The SMILES string of the molecule is CC(C)C[C@@H]1NC(=O)[C@@H](Cc2ccccc2)NC(=O)[C@H](CCN)NC(=O)[C@@H](NC(=O)[C@H](CCN)NC(=O)[C@@H](NC(=O)[C@@H](N)CC(C)C)[C@@H](C)O)CCNC(=O)[C@H]([C@@H](C)O)NC(=O)[C@H](CCN)NC(=O)[C@H](CCN)NC1=O. The largest absolute Gasteiger partial charge is 0.391 e. The number of benzene rings is 1. The van der Waals surface area contributed by atoms with Gasteiger partial charge in [0, 0.05) is 13.0 Å². The van der Waals surface area contributed by atoms with Gasteiger partial charge < -0.3 is 92.0 Å². The van der Waals surface area contributed by atoms with E-state index in [0.717, 1.165) is 0 Å². The summed E-state index contributed by atoms with van der Waals surface area (Å²) in [5.41, 5.74) is 30.0. The van der Waals surface area contributed by atoms with Crippen LogP contribution in [0.1, 0.15) is 92.1 Å². The van der Waals surface area contributed by atoms with E-state index in [-0.39, 0.29) is 83.0 Å². The highest BCUT2D eigenvalue weighted by Gasteiger charge is 2.37. The summed E-state index contributed by atoms with van der Waals surface area (Å²) in [6.45, 7) is 8.65. The average Bonchev–Trinajstić information content (AvgIpc) is 3.34. The smallest absolute Gasteiger partial charge is 0.245 e. The van der Waals surface area contributed by atoms with Crippen LogP contribution in [0.2, 0.25) is 0 Å². The topological polar surface area (TPSA) is 462 Å². The van der Waals surface area contributed by atoms with Crippen LogP contribution in [0.5, 0.6) is 0 Å². The zero-order chi connectivity index (χ0) is 57.2. The van der Waals surface area contributed by atoms with Crippen LogP contribution in [-0.2, 0) is 54.4 Å². The van der Waals surface area contributed by atoms with Crippen LogP contribution in [0.15, 0.2) is 30.3 Å². The predicted molar refractivity (Wildman–Crippen MR) is 280 cm³/mol. The van der Waals surface area contributed by atoms with Gasteiger partial charge in [-0.25, -0.2) is 0 Å². The molecular formula is C49H85N15O12. The van der Waals surface area contributed by atoms with Gasteiger partial charge in [0.1, 0.15) is 54.4 Å². The van der Waals surface area contributed by atoms with Gasteiger partial charge in [0.2, 0.25) is 59.1 Å². The second-order valence-electron chi connectivity index (χ2n) is 19.8. The van der Waals surface area contributed by atoms with E-state index in [1.165, 1.54) is 13.8 Å². The maximum absolute atomic E-state index is 14.4. The van der Waals surface area contributed by atoms with Crippen molar-refractivity contribution in [3.8, 4) is 0 Å². The van der Waals surface area contributed by atoms with Crippen LogP contribution < -0.4 is 81.8 Å². The van der Waals surface area contributed by atoms with E-state index < -0.39 is 145 Å². The lowest BCUT2D eigenvalue weighted by atomic mass is 10.00. The van der Waals surface area contributed by atoms with E-state index in [0.29, 0.717) is 5.56 Å². The van der Waals surface area contributed by atoms with Crippen LogP contribution in [-0.4, -0.2) is 175 Å². The fourth-order valence-corrected chi connectivity index (χ4v) is 8.06. The van der Waals surface area contributed by atoms with Crippen molar-refractivity contribution in [2.45, 2.75) is 166 Å². The Morgan fingerprint density at radius 3 is 1.57 bits per heavy atom. The number of hydrogen-bond acceptors (Lipinski definition) is 17. The van der Waals surface area contributed by atoms with Gasteiger partial charge in [0.15, 0.2) is 0 Å². The Kier molecular flexibility index (Phi) is 29.1. The molecule has 0 bridgehead atoms. The zero-order valence-electron chi connectivity index (χ0n) is 44.5. The summed E-state index contributed by atoms with van der Waals surface area (Å²) in [6, 6.07) is -5.72. The number of hydrogen-bond donors (Lipinski definition) is 17. The first kappa shape index (κ1) is 65.8. The molecule has 1 aromatic rings. The molecule has 0 aliphatic carbocycles. The predicted octanol–water partition coefficient (Wildman–Crippen LogP) is -6.31. The first-order valence-corrected chi connectivity index (χ1v) is 25.8. The molecule has 1 aliphatic heterocycles. The van der Waals surface area contributed by atoms with Crippen molar-refractivity contribution in [3.63, 3.8) is 0 Å². The van der Waals surface area contributed by atoms with Crippen LogP contribution in [0.4, 0.5) is 0 Å². The zero-order valence-corrected chi connectivity index (χ0v) is 44.5. The minimum absolute atomic E-state index is 0.0197. The maximum Gasteiger partial charge on any atom is 0.245 e. The monoisotopic (exact) mass is 1080 g/mol. The Labute approximate surface area is 444 Å². The van der Waals surface area contributed by atoms with Gasteiger partial charge in [-0.3, -0.25) is 47.9 Å². The Balaban J connectivity index is 2.74. The fraction of sp³-hybridized carbons (Fsp3) is 0.673. The summed E-state index contributed by atoms with van der Waals surface area (Å²) in [6.07, 6.45) is -3.96. The van der Waals surface area contributed by atoms with Crippen molar-refractivity contribution < 1.29 is 58.2 Å². The maximum atomic E-state index is 14.4. The quantitative estimate of drug-likeness (QED) is 0.0514. The third-order valence-electron chi connectivity index (χ3n) is 12.2. The van der Waals surface area contributed by atoms with E-state index in [1.54, 1.807) is 44.2 Å². The lowest BCUT2D eigenvalue weighted by molar-refractivity contribution is -0.136. The van der Waals surface area contributed by atoms with Gasteiger partial charge in [-0.05, 0) is 102 Å². The van der Waals surface area contributed by atoms with Crippen molar-refractivity contribution in [1.82, 2.24) is 53.2 Å². The van der Waals surface area contributed by atoms with Crippen molar-refractivity contribution in [2.75, 3.05) is 32.7 Å². The molecule has 1 fully saturated rings. The van der Waals surface area contributed by atoms with Gasteiger partial charge in [0.05, 0.1) is 18.2 Å². The molecule has 12 atom stereocenters. The van der Waals surface area contributed by atoms with E-state index in [9.17, 15) is 58.2 Å². The Morgan fingerprint density at radius 1 is 0.592 bits per heavy atom.